The van der Waals surface area contributed by atoms with Crippen LogP contribution in [0.2, 0.25) is 0 Å². The van der Waals surface area contributed by atoms with E-state index in [1.165, 1.54) is 32.1 Å². The summed E-state index contributed by atoms with van der Waals surface area (Å²) in [5.41, 5.74) is 0.00235. The van der Waals surface area contributed by atoms with Crippen LogP contribution in [0.5, 0.6) is 0 Å². The maximum Gasteiger partial charge on any atom is 0.408 e. The summed E-state index contributed by atoms with van der Waals surface area (Å²) in [5, 5.41) is 13.5. The lowest BCUT2D eigenvalue weighted by molar-refractivity contribution is 0.0494. The second-order valence-corrected chi connectivity index (χ2v) is 9.14. The lowest BCUT2D eigenvalue weighted by atomic mass is 10.1. The molecular formula is C20H40N4O2. The predicted molar refractivity (Wildman–Crippen MR) is 107 cm³/mol. The number of carbonyl (C=O) groups excluding carboxylic acids is 1. The molecule has 2 fully saturated rings. The molecule has 6 heteroatoms. The molecule has 2 saturated carbocycles. The molecule has 0 aliphatic heterocycles. The van der Waals surface area contributed by atoms with Gasteiger partial charge in [-0.2, -0.15) is 0 Å². The van der Waals surface area contributed by atoms with Gasteiger partial charge in [0, 0.05) is 11.1 Å². The topological polar surface area (TPSA) is 74.4 Å². The van der Waals surface area contributed by atoms with E-state index < -0.39 is 5.60 Å². The van der Waals surface area contributed by atoms with E-state index in [1.807, 2.05) is 20.8 Å². The third-order valence-electron chi connectivity index (χ3n) is 5.52. The molecule has 2 aliphatic carbocycles. The fourth-order valence-electron chi connectivity index (χ4n) is 3.29. The molecule has 0 spiro atoms. The highest BCUT2D eigenvalue weighted by atomic mass is 16.6. The predicted octanol–water partition coefficient (Wildman–Crippen LogP) is 2.54. The fraction of sp³-hybridized carbons (Fsp3) is 0.950. The normalized spacial score (nSPS) is 19.8. The molecule has 0 atom stereocenters. The summed E-state index contributed by atoms with van der Waals surface area (Å²) >= 11 is 0. The molecular weight excluding hydrogens is 328 g/mol. The zero-order valence-corrected chi connectivity index (χ0v) is 17.3. The molecule has 0 aromatic heterocycles. The Balaban J connectivity index is 1.40. The number of amides is 1. The van der Waals surface area contributed by atoms with E-state index in [-0.39, 0.29) is 11.6 Å². The Morgan fingerprint density at radius 1 is 0.885 bits per heavy atom. The summed E-state index contributed by atoms with van der Waals surface area (Å²) in [6.07, 6.45) is 9.13. The van der Waals surface area contributed by atoms with Gasteiger partial charge in [0.25, 0.3) is 0 Å². The quantitative estimate of drug-likeness (QED) is 0.376. The van der Waals surface area contributed by atoms with Crippen LogP contribution in [0, 0.1) is 0 Å². The second-order valence-electron chi connectivity index (χ2n) is 9.14. The van der Waals surface area contributed by atoms with Crippen molar-refractivity contribution in [3.63, 3.8) is 0 Å². The molecule has 0 saturated heterocycles. The summed E-state index contributed by atoms with van der Waals surface area (Å²) < 4.78 is 5.36. The first-order chi connectivity index (χ1) is 12.3. The Labute approximate surface area is 159 Å². The molecule has 4 N–H and O–H groups in total. The third kappa shape index (κ3) is 8.23. The third-order valence-corrected chi connectivity index (χ3v) is 5.52. The van der Waals surface area contributed by atoms with Crippen molar-refractivity contribution in [2.75, 3.05) is 33.2 Å². The van der Waals surface area contributed by atoms with Crippen LogP contribution in [0.15, 0.2) is 0 Å². The molecule has 26 heavy (non-hydrogen) atoms. The van der Waals surface area contributed by atoms with Gasteiger partial charge >= 0.3 is 6.09 Å². The summed E-state index contributed by atoms with van der Waals surface area (Å²) in [6.45, 7) is 9.91. The minimum Gasteiger partial charge on any atom is -0.444 e. The van der Waals surface area contributed by atoms with Gasteiger partial charge in [0.2, 0.25) is 0 Å². The largest absolute Gasteiger partial charge is 0.444 e. The van der Waals surface area contributed by atoms with Gasteiger partial charge in [-0.3, -0.25) is 0 Å². The van der Waals surface area contributed by atoms with Crippen LogP contribution in [0.3, 0.4) is 0 Å². The SMILES string of the molecule is CNC1(CCNCCCCNCCC2(NC(=O)OC(C)(C)C)CC2)CC1. The average molecular weight is 369 g/mol. The van der Waals surface area contributed by atoms with Gasteiger partial charge in [-0.15, -0.1) is 0 Å². The lowest BCUT2D eigenvalue weighted by Crippen LogP contribution is -2.42. The summed E-state index contributed by atoms with van der Waals surface area (Å²) in [7, 11) is 2.08. The Bertz CT molecular complexity index is 440. The Morgan fingerprint density at radius 3 is 1.81 bits per heavy atom. The highest BCUT2D eigenvalue weighted by Crippen LogP contribution is 2.38. The van der Waals surface area contributed by atoms with Crippen LogP contribution in [-0.4, -0.2) is 56.0 Å². The van der Waals surface area contributed by atoms with Gasteiger partial charge in [-0.1, -0.05) is 0 Å². The Hall–Kier alpha value is -0.850. The van der Waals surface area contributed by atoms with Gasteiger partial charge in [-0.25, -0.2) is 4.79 Å². The van der Waals surface area contributed by atoms with Gasteiger partial charge in [0.15, 0.2) is 0 Å². The van der Waals surface area contributed by atoms with E-state index in [9.17, 15) is 4.79 Å². The van der Waals surface area contributed by atoms with E-state index in [4.69, 9.17) is 4.74 Å². The van der Waals surface area contributed by atoms with E-state index in [0.717, 1.165) is 45.4 Å². The maximum absolute atomic E-state index is 11.9. The number of carbonyl (C=O) groups is 1. The fourth-order valence-corrected chi connectivity index (χ4v) is 3.29. The number of hydrogen-bond donors (Lipinski definition) is 4. The number of nitrogens with one attached hydrogen (secondary N) is 4. The first kappa shape index (κ1) is 21.5. The van der Waals surface area contributed by atoms with E-state index >= 15 is 0 Å². The van der Waals surface area contributed by atoms with Crippen molar-refractivity contribution in [2.45, 2.75) is 88.8 Å². The van der Waals surface area contributed by atoms with Gasteiger partial charge < -0.3 is 26.0 Å². The van der Waals surface area contributed by atoms with Crippen LogP contribution >= 0.6 is 0 Å². The zero-order chi connectivity index (χ0) is 19.1. The molecule has 0 radical (unpaired) electrons. The number of rotatable bonds is 13. The first-order valence-corrected chi connectivity index (χ1v) is 10.4. The van der Waals surface area contributed by atoms with Crippen molar-refractivity contribution in [1.29, 1.82) is 0 Å². The van der Waals surface area contributed by atoms with E-state index in [0.29, 0.717) is 5.54 Å². The molecule has 152 valence electrons. The summed E-state index contributed by atoms with van der Waals surface area (Å²) in [5.74, 6) is 0. The molecule has 2 aliphatic rings. The maximum atomic E-state index is 11.9. The smallest absolute Gasteiger partial charge is 0.408 e. The molecule has 6 nitrogen and oxygen atoms in total. The average Bonchev–Trinajstić information content (AvgIpc) is 3.45. The van der Waals surface area contributed by atoms with Crippen molar-refractivity contribution in [1.82, 2.24) is 21.3 Å². The minimum atomic E-state index is -0.432. The molecule has 2 rings (SSSR count). The minimum absolute atomic E-state index is 0.0248. The molecule has 0 heterocycles. The van der Waals surface area contributed by atoms with Crippen LogP contribution in [0.25, 0.3) is 0 Å². The molecule has 0 aromatic carbocycles. The van der Waals surface area contributed by atoms with Crippen molar-refractivity contribution in [2.24, 2.45) is 0 Å². The van der Waals surface area contributed by atoms with Crippen molar-refractivity contribution in [3.05, 3.63) is 0 Å². The summed E-state index contributed by atoms with van der Waals surface area (Å²) in [6, 6.07) is 0. The van der Waals surface area contributed by atoms with Gasteiger partial charge in [-0.05, 0) is 105 Å². The van der Waals surface area contributed by atoms with Crippen molar-refractivity contribution < 1.29 is 9.53 Å². The van der Waals surface area contributed by atoms with Crippen molar-refractivity contribution >= 4 is 6.09 Å². The standard InChI is InChI=1S/C20H40N4O2/c1-18(2,3)26-17(25)24-20(9-10-20)12-16-23-14-6-5-13-22-15-11-19(21-4)7-8-19/h21-23H,5-16H2,1-4H3,(H,24,25). The number of ether oxygens (including phenoxy) is 1. The number of unbranched alkanes of at least 4 members (excludes halogenated alkanes) is 1. The zero-order valence-electron chi connectivity index (χ0n) is 17.3. The van der Waals surface area contributed by atoms with Gasteiger partial charge in [0.1, 0.15) is 5.60 Å². The van der Waals surface area contributed by atoms with Crippen LogP contribution in [0.4, 0.5) is 4.79 Å². The number of alkyl carbamates (subject to hydrolysis) is 1. The highest BCUT2D eigenvalue weighted by molar-refractivity contribution is 5.69. The van der Waals surface area contributed by atoms with E-state index in [2.05, 4.69) is 28.3 Å². The Morgan fingerprint density at radius 2 is 1.38 bits per heavy atom. The van der Waals surface area contributed by atoms with Gasteiger partial charge in [0.05, 0.1) is 0 Å². The molecule has 0 aromatic rings. The van der Waals surface area contributed by atoms with E-state index in [1.54, 1.807) is 0 Å². The highest BCUT2D eigenvalue weighted by Gasteiger charge is 2.44. The lowest BCUT2D eigenvalue weighted by Gasteiger charge is -2.23. The van der Waals surface area contributed by atoms with Crippen LogP contribution in [-0.2, 0) is 4.74 Å². The molecule has 0 bridgehead atoms. The first-order valence-electron chi connectivity index (χ1n) is 10.4. The van der Waals surface area contributed by atoms with Crippen molar-refractivity contribution in [3.8, 4) is 0 Å². The van der Waals surface area contributed by atoms with Crippen LogP contribution < -0.4 is 21.3 Å². The van der Waals surface area contributed by atoms with Crippen LogP contribution in [0.1, 0.15) is 72.1 Å². The molecule has 1 amide bonds. The second kappa shape index (κ2) is 9.38. The summed E-state index contributed by atoms with van der Waals surface area (Å²) in [4.78, 5) is 11.9. The monoisotopic (exact) mass is 368 g/mol. The molecule has 0 unspecified atom stereocenters. The Kier molecular flexibility index (Phi) is 7.74. The number of hydrogen-bond acceptors (Lipinski definition) is 5.